The summed E-state index contributed by atoms with van der Waals surface area (Å²) in [5.74, 6) is -0.133. The van der Waals surface area contributed by atoms with Crippen molar-refractivity contribution in [2.24, 2.45) is 0 Å². The summed E-state index contributed by atoms with van der Waals surface area (Å²) in [4.78, 5) is 13.5. The van der Waals surface area contributed by atoms with Crippen LogP contribution in [0.1, 0.15) is 32.3 Å². The average Bonchev–Trinajstić information content (AvgIpc) is 2.82. The molecule has 6 heteroatoms. The molecular formula is C13H18ClNO3S. The zero-order valence-electron chi connectivity index (χ0n) is 11.2. The van der Waals surface area contributed by atoms with Crippen molar-refractivity contribution in [3.8, 4) is 0 Å². The normalized spacial score (nSPS) is 23.7. The molecule has 1 aromatic rings. The van der Waals surface area contributed by atoms with Crippen molar-refractivity contribution in [1.82, 2.24) is 4.90 Å². The van der Waals surface area contributed by atoms with Gasteiger partial charge in [0.05, 0.1) is 17.0 Å². The van der Waals surface area contributed by atoms with Gasteiger partial charge >= 0.3 is 6.09 Å². The summed E-state index contributed by atoms with van der Waals surface area (Å²) >= 11 is 7.52. The fourth-order valence-electron chi connectivity index (χ4n) is 2.14. The Bertz CT molecular complexity index is 469. The minimum atomic E-state index is -0.598. The van der Waals surface area contributed by atoms with E-state index in [2.05, 4.69) is 0 Å². The number of amides is 1. The highest BCUT2D eigenvalue weighted by Crippen LogP contribution is 2.35. The molecule has 0 bridgehead atoms. The highest BCUT2D eigenvalue weighted by atomic mass is 35.5. The average molecular weight is 304 g/mol. The van der Waals surface area contributed by atoms with Gasteiger partial charge in [-0.15, -0.1) is 11.3 Å². The first-order valence-corrected chi connectivity index (χ1v) is 7.42. The van der Waals surface area contributed by atoms with Crippen molar-refractivity contribution in [3.63, 3.8) is 0 Å². The van der Waals surface area contributed by atoms with Gasteiger partial charge in [-0.3, -0.25) is 0 Å². The van der Waals surface area contributed by atoms with Crippen molar-refractivity contribution >= 4 is 29.0 Å². The standard InChI is InChI=1S/C13H18ClNO3S/c1-13(2,3)18-12(17)15-6-9(10(16)7-15)8-4-5-19-11(8)14/h4-5,9-10,16H,6-7H2,1-3H3/t9-,10+/m0/s1. The topological polar surface area (TPSA) is 49.8 Å². The predicted octanol–water partition coefficient (Wildman–Crippen LogP) is 3.10. The van der Waals surface area contributed by atoms with Crippen LogP contribution in [-0.4, -0.2) is 40.9 Å². The Morgan fingerprint density at radius 3 is 2.74 bits per heavy atom. The number of aliphatic hydroxyl groups excluding tert-OH is 1. The van der Waals surface area contributed by atoms with E-state index >= 15 is 0 Å². The number of hydrogen-bond donors (Lipinski definition) is 1. The molecule has 1 saturated heterocycles. The molecule has 1 N–H and O–H groups in total. The number of halogens is 1. The molecule has 0 spiro atoms. The van der Waals surface area contributed by atoms with Crippen LogP contribution < -0.4 is 0 Å². The van der Waals surface area contributed by atoms with Gasteiger partial charge in [-0.1, -0.05) is 11.6 Å². The van der Waals surface area contributed by atoms with Crippen LogP contribution in [0, 0.1) is 0 Å². The lowest BCUT2D eigenvalue weighted by Gasteiger charge is -2.24. The fourth-order valence-corrected chi connectivity index (χ4v) is 3.18. The molecule has 0 radical (unpaired) electrons. The number of carbonyl (C=O) groups excluding carboxylic acids is 1. The molecule has 0 unspecified atom stereocenters. The molecule has 19 heavy (non-hydrogen) atoms. The number of hydrogen-bond acceptors (Lipinski definition) is 4. The zero-order valence-corrected chi connectivity index (χ0v) is 12.8. The first kappa shape index (κ1) is 14.6. The van der Waals surface area contributed by atoms with Crippen LogP contribution in [0.15, 0.2) is 11.4 Å². The van der Waals surface area contributed by atoms with E-state index < -0.39 is 11.7 Å². The number of likely N-dealkylation sites (tertiary alicyclic amines) is 1. The lowest BCUT2D eigenvalue weighted by Crippen LogP contribution is -2.35. The van der Waals surface area contributed by atoms with Crippen molar-refractivity contribution in [2.45, 2.75) is 38.4 Å². The van der Waals surface area contributed by atoms with Crippen molar-refractivity contribution in [2.75, 3.05) is 13.1 Å². The van der Waals surface area contributed by atoms with Crippen LogP contribution in [-0.2, 0) is 4.74 Å². The summed E-state index contributed by atoms with van der Waals surface area (Å²) in [7, 11) is 0. The maximum absolute atomic E-state index is 12.0. The third-order valence-corrected chi connectivity index (χ3v) is 4.19. The first-order valence-electron chi connectivity index (χ1n) is 6.17. The van der Waals surface area contributed by atoms with E-state index in [4.69, 9.17) is 16.3 Å². The molecule has 1 aliphatic rings. The maximum atomic E-state index is 12.0. The molecular weight excluding hydrogens is 286 g/mol. The summed E-state index contributed by atoms with van der Waals surface area (Å²) in [6.07, 6.45) is -0.986. The molecule has 1 amide bonds. The van der Waals surface area contributed by atoms with Crippen LogP contribution >= 0.6 is 22.9 Å². The molecule has 0 saturated carbocycles. The molecule has 106 valence electrons. The van der Waals surface area contributed by atoms with Gasteiger partial charge in [0.25, 0.3) is 0 Å². The van der Waals surface area contributed by atoms with Crippen LogP contribution in [0.4, 0.5) is 4.79 Å². The minimum absolute atomic E-state index is 0.133. The molecule has 0 aromatic carbocycles. The number of rotatable bonds is 1. The molecule has 1 fully saturated rings. The van der Waals surface area contributed by atoms with Gasteiger partial charge in [0.15, 0.2) is 0 Å². The Labute approximate surface area is 121 Å². The summed E-state index contributed by atoms with van der Waals surface area (Å²) < 4.78 is 5.99. The first-order chi connectivity index (χ1) is 8.78. The summed E-state index contributed by atoms with van der Waals surface area (Å²) in [5, 5.41) is 12.0. The Kier molecular flexibility index (Phi) is 4.08. The third-order valence-electron chi connectivity index (χ3n) is 2.99. The highest BCUT2D eigenvalue weighted by molar-refractivity contribution is 7.14. The van der Waals surface area contributed by atoms with E-state index in [1.807, 2.05) is 32.2 Å². The Hall–Kier alpha value is -0.780. The lowest BCUT2D eigenvalue weighted by molar-refractivity contribution is 0.0270. The number of β-amino-alcohol motifs (C(OH)–C–C–N with tert-alkyl or cyclic N) is 1. The van der Waals surface area contributed by atoms with Crippen LogP contribution in [0.3, 0.4) is 0 Å². The van der Waals surface area contributed by atoms with Gasteiger partial charge < -0.3 is 14.7 Å². The SMILES string of the molecule is CC(C)(C)OC(=O)N1C[C@@H](O)[C@H](c2ccsc2Cl)C1. The van der Waals surface area contributed by atoms with E-state index in [9.17, 15) is 9.90 Å². The van der Waals surface area contributed by atoms with E-state index in [0.717, 1.165) is 5.56 Å². The highest BCUT2D eigenvalue weighted by Gasteiger charge is 2.38. The molecule has 1 aromatic heterocycles. The van der Waals surface area contributed by atoms with Crippen molar-refractivity contribution in [3.05, 3.63) is 21.3 Å². The largest absolute Gasteiger partial charge is 0.444 e. The third kappa shape index (κ3) is 3.41. The summed E-state index contributed by atoms with van der Waals surface area (Å²) in [6.45, 7) is 6.19. The Morgan fingerprint density at radius 1 is 1.53 bits per heavy atom. The van der Waals surface area contributed by atoms with Crippen LogP contribution in [0.2, 0.25) is 4.34 Å². The molecule has 0 aliphatic carbocycles. The summed E-state index contributed by atoms with van der Waals surface area (Å²) in [6, 6.07) is 1.90. The second-order valence-electron chi connectivity index (χ2n) is 5.71. The minimum Gasteiger partial charge on any atom is -0.444 e. The number of thiophene rings is 1. The second-order valence-corrected chi connectivity index (χ2v) is 7.23. The fraction of sp³-hybridized carbons (Fsp3) is 0.615. The van der Waals surface area contributed by atoms with Gasteiger partial charge in [0.2, 0.25) is 0 Å². The predicted molar refractivity (Wildman–Crippen MR) is 75.9 cm³/mol. The molecule has 1 aliphatic heterocycles. The van der Waals surface area contributed by atoms with Crippen LogP contribution in [0.5, 0.6) is 0 Å². The van der Waals surface area contributed by atoms with Crippen molar-refractivity contribution in [1.29, 1.82) is 0 Å². The smallest absolute Gasteiger partial charge is 0.410 e. The van der Waals surface area contributed by atoms with Gasteiger partial charge in [-0.2, -0.15) is 0 Å². The molecule has 2 rings (SSSR count). The maximum Gasteiger partial charge on any atom is 0.410 e. The van der Waals surface area contributed by atoms with Crippen molar-refractivity contribution < 1.29 is 14.6 Å². The zero-order chi connectivity index (χ0) is 14.2. The van der Waals surface area contributed by atoms with E-state index in [1.165, 1.54) is 16.2 Å². The lowest BCUT2D eigenvalue weighted by atomic mass is 9.99. The summed E-state index contributed by atoms with van der Waals surface area (Å²) in [5.41, 5.74) is 0.380. The van der Waals surface area contributed by atoms with Gasteiger partial charge in [0, 0.05) is 12.5 Å². The van der Waals surface area contributed by atoms with Gasteiger partial charge in [-0.05, 0) is 37.8 Å². The molecule has 4 nitrogen and oxygen atoms in total. The van der Waals surface area contributed by atoms with E-state index in [0.29, 0.717) is 10.9 Å². The monoisotopic (exact) mass is 303 g/mol. The Morgan fingerprint density at radius 2 is 2.21 bits per heavy atom. The number of aliphatic hydroxyl groups is 1. The van der Waals surface area contributed by atoms with E-state index in [1.54, 1.807) is 0 Å². The van der Waals surface area contributed by atoms with E-state index in [-0.39, 0.29) is 18.6 Å². The molecule has 2 atom stereocenters. The van der Waals surface area contributed by atoms with Gasteiger partial charge in [-0.25, -0.2) is 4.79 Å². The molecule has 2 heterocycles. The number of ether oxygens (including phenoxy) is 1. The number of carbonyl (C=O) groups is 1. The number of nitrogens with zero attached hydrogens (tertiary/aromatic N) is 1. The second kappa shape index (κ2) is 5.31. The quantitative estimate of drug-likeness (QED) is 0.867. The Balaban J connectivity index is 2.06. The van der Waals surface area contributed by atoms with Gasteiger partial charge in [0.1, 0.15) is 5.60 Å². The van der Waals surface area contributed by atoms with Crippen LogP contribution in [0.25, 0.3) is 0 Å².